The van der Waals surface area contributed by atoms with Crippen molar-refractivity contribution in [2.45, 2.75) is 19.5 Å². The Morgan fingerprint density at radius 1 is 1.47 bits per heavy atom. The highest BCUT2D eigenvalue weighted by Crippen LogP contribution is 2.26. The van der Waals surface area contributed by atoms with Crippen molar-refractivity contribution in [1.82, 2.24) is 19.5 Å². The van der Waals surface area contributed by atoms with Gasteiger partial charge in [0.25, 0.3) is 0 Å². The minimum absolute atomic E-state index is 0.211. The molecule has 0 saturated heterocycles. The lowest BCUT2D eigenvalue weighted by Gasteiger charge is -2.15. The zero-order valence-corrected chi connectivity index (χ0v) is 11.8. The van der Waals surface area contributed by atoms with Gasteiger partial charge in [0.05, 0.1) is 11.7 Å². The van der Waals surface area contributed by atoms with Crippen molar-refractivity contribution in [3.63, 3.8) is 0 Å². The van der Waals surface area contributed by atoms with E-state index in [1.165, 1.54) is 0 Å². The van der Waals surface area contributed by atoms with Crippen LogP contribution in [0.15, 0.2) is 30.2 Å². The van der Waals surface area contributed by atoms with Gasteiger partial charge in [0.2, 0.25) is 5.28 Å². The maximum Gasteiger partial charge on any atom is 0.225 e. The standard InChI is InChI=1S/C12H12ClN5S/c1-8(6-18-4-3-14-7-18)15-10-9-2-5-19-11(9)17-12(13)16-10/h2-5,7-8H,6H2,1H3,(H,15,16,17). The lowest BCUT2D eigenvalue weighted by Crippen LogP contribution is -2.22. The first kappa shape index (κ1) is 12.4. The monoisotopic (exact) mass is 293 g/mol. The summed E-state index contributed by atoms with van der Waals surface area (Å²) in [5, 5.41) is 6.64. The summed E-state index contributed by atoms with van der Waals surface area (Å²) in [6.07, 6.45) is 5.50. The Morgan fingerprint density at radius 2 is 2.37 bits per heavy atom. The average Bonchev–Trinajstić information content (AvgIpc) is 2.99. The van der Waals surface area contributed by atoms with Crippen LogP contribution >= 0.6 is 22.9 Å². The van der Waals surface area contributed by atoms with Crippen LogP contribution in [0.25, 0.3) is 10.2 Å². The van der Waals surface area contributed by atoms with E-state index in [0.717, 1.165) is 22.6 Å². The molecule has 19 heavy (non-hydrogen) atoms. The summed E-state index contributed by atoms with van der Waals surface area (Å²) in [7, 11) is 0. The van der Waals surface area contributed by atoms with Crippen molar-refractivity contribution < 1.29 is 0 Å². The summed E-state index contributed by atoms with van der Waals surface area (Å²) in [5.41, 5.74) is 0. The molecule has 0 bridgehead atoms. The minimum atomic E-state index is 0.211. The molecule has 0 aliphatic rings. The number of anilines is 1. The van der Waals surface area contributed by atoms with Crippen molar-refractivity contribution in [2.75, 3.05) is 5.32 Å². The first-order valence-electron chi connectivity index (χ1n) is 5.85. The smallest absolute Gasteiger partial charge is 0.225 e. The van der Waals surface area contributed by atoms with Crippen LogP contribution in [-0.4, -0.2) is 25.6 Å². The number of aromatic nitrogens is 4. The molecule has 0 saturated carbocycles. The molecule has 98 valence electrons. The molecule has 3 heterocycles. The van der Waals surface area contributed by atoms with E-state index in [2.05, 4.69) is 27.2 Å². The van der Waals surface area contributed by atoms with Gasteiger partial charge in [0.1, 0.15) is 10.6 Å². The summed E-state index contributed by atoms with van der Waals surface area (Å²) < 4.78 is 2.02. The van der Waals surface area contributed by atoms with Crippen LogP contribution in [0.1, 0.15) is 6.92 Å². The average molecular weight is 294 g/mol. The minimum Gasteiger partial charge on any atom is -0.365 e. The van der Waals surface area contributed by atoms with Crippen molar-refractivity contribution in [2.24, 2.45) is 0 Å². The Hall–Kier alpha value is -1.66. The molecule has 7 heteroatoms. The first-order valence-corrected chi connectivity index (χ1v) is 7.11. The predicted molar refractivity (Wildman–Crippen MR) is 77.7 cm³/mol. The third kappa shape index (κ3) is 2.69. The number of nitrogens with one attached hydrogen (secondary N) is 1. The fraction of sp³-hybridized carbons (Fsp3) is 0.250. The number of rotatable bonds is 4. The zero-order chi connectivity index (χ0) is 13.2. The summed E-state index contributed by atoms with van der Waals surface area (Å²) in [6.45, 7) is 2.90. The fourth-order valence-corrected chi connectivity index (χ4v) is 2.91. The van der Waals surface area contributed by atoms with Crippen molar-refractivity contribution >= 4 is 39.0 Å². The SMILES string of the molecule is CC(Cn1ccnc1)Nc1nc(Cl)nc2sccc12. The Balaban J connectivity index is 1.82. The van der Waals surface area contributed by atoms with Crippen molar-refractivity contribution in [1.29, 1.82) is 0 Å². The van der Waals surface area contributed by atoms with Crippen LogP contribution in [0.5, 0.6) is 0 Å². The Labute approximate surface area is 119 Å². The molecule has 1 atom stereocenters. The van der Waals surface area contributed by atoms with Crippen LogP contribution in [0, 0.1) is 0 Å². The van der Waals surface area contributed by atoms with Gasteiger partial charge in [-0.2, -0.15) is 0 Å². The largest absolute Gasteiger partial charge is 0.365 e. The molecular formula is C12H12ClN5S. The molecule has 3 rings (SSSR count). The van der Waals surface area contributed by atoms with Gasteiger partial charge in [0, 0.05) is 25.0 Å². The molecule has 0 amide bonds. The molecule has 3 aromatic rings. The van der Waals surface area contributed by atoms with Gasteiger partial charge in [-0.15, -0.1) is 11.3 Å². The van der Waals surface area contributed by atoms with Gasteiger partial charge < -0.3 is 9.88 Å². The first-order chi connectivity index (χ1) is 9.22. The van der Waals surface area contributed by atoms with E-state index in [1.807, 2.05) is 22.2 Å². The number of nitrogens with zero attached hydrogens (tertiary/aromatic N) is 4. The predicted octanol–water partition coefficient (Wildman–Crippen LogP) is 3.04. The number of hydrogen-bond acceptors (Lipinski definition) is 5. The van der Waals surface area contributed by atoms with Gasteiger partial charge in [-0.1, -0.05) is 0 Å². The van der Waals surface area contributed by atoms with Gasteiger partial charge in [0.15, 0.2) is 0 Å². The number of hydrogen-bond donors (Lipinski definition) is 1. The van der Waals surface area contributed by atoms with E-state index >= 15 is 0 Å². The molecule has 1 N–H and O–H groups in total. The van der Waals surface area contributed by atoms with Crippen LogP contribution in [0.3, 0.4) is 0 Å². The van der Waals surface area contributed by atoms with E-state index in [0.29, 0.717) is 0 Å². The molecule has 0 spiro atoms. The van der Waals surface area contributed by atoms with Gasteiger partial charge in [-0.3, -0.25) is 0 Å². The van der Waals surface area contributed by atoms with Crippen LogP contribution in [0.2, 0.25) is 5.28 Å². The summed E-state index contributed by atoms with van der Waals surface area (Å²) in [6, 6.07) is 2.21. The Kier molecular flexibility index (Phi) is 3.35. The molecule has 3 aromatic heterocycles. The van der Waals surface area contributed by atoms with Crippen molar-refractivity contribution in [3.05, 3.63) is 35.5 Å². The Bertz CT molecular complexity index is 679. The van der Waals surface area contributed by atoms with E-state index in [9.17, 15) is 0 Å². The van der Waals surface area contributed by atoms with Crippen LogP contribution < -0.4 is 5.32 Å². The molecule has 0 aliphatic heterocycles. The van der Waals surface area contributed by atoms with Gasteiger partial charge in [-0.05, 0) is 30.0 Å². The van der Waals surface area contributed by atoms with Gasteiger partial charge in [-0.25, -0.2) is 15.0 Å². The molecule has 5 nitrogen and oxygen atoms in total. The van der Waals surface area contributed by atoms with Crippen molar-refractivity contribution in [3.8, 4) is 0 Å². The lowest BCUT2D eigenvalue weighted by atomic mass is 10.3. The maximum atomic E-state index is 5.94. The highest BCUT2D eigenvalue weighted by molar-refractivity contribution is 7.16. The van der Waals surface area contributed by atoms with E-state index in [4.69, 9.17) is 11.6 Å². The second kappa shape index (κ2) is 5.14. The number of halogens is 1. The Morgan fingerprint density at radius 3 is 3.16 bits per heavy atom. The third-order valence-corrected chi connectivity index (χ3v) is 3.70. The van der Waals surface area contributed by atoms with E-state index in [-0.39, 0.29) is 11.3 Å². The molecule has 0 radical (unpaired) electrons. The second-order valence-electron chi connectivity index (χ2n) is 4.29. The molecule has 0 aromatic carbocycles. The zero-order valence-electron chi connectivity index (χ0n) is 10.2. The lowest BCUT2D eigenvalue weighted by molar-refractivity contribution is 0.617. The van der Waals surface area contributed by atoms with E-state index < -0.39 is 0 Å². The normalized spacial score (nSPS) is 12.7. The third-order valence-electron chi connectivity index (χ3n) is 2.72. The molecular weight excluding hydrogens is 282 g/mol. The van der Waals surface area contributed by atoms with Crippen LogP contribution in [-0.2, 0) is 6.54 Å². The van der Waals surface area contributed by atoms with Crippen LogP contribution in [0.4, 0.5) is 5.82 Å². The van der Waals surface area contributed by atoms with E-state index in [1.54, 1.807) is 23.9 Å². The summed E-state index contributed by atoms with van der Waals surface area (Å²) in [4.78, 5) is 13.4. The second-order valence-corrected chi connectivity index (χ2v) is 5.52. The highest BCUT2D eigenvalue weighted by atomic mass is 35.5. The highest BCUT2D eigenvalue weighted by Gasteiger charge is 2.10. The molecule has 1 unspecified atom stereocenters. The number of imidazole rings is 1. The quantitative estimate of drug-likeness (QED) is 0.751. The van der Waals surface area contributed by atoms with Gasteiger partial charge >= 0.3 is 0 Å². The maximum absolute atomic E-state index is 5.94. The fourth-order valence-electron chi connectivity index (χ4n) is 1.93. The summed E-state index contributed by atoms with van der Waals surface area (Å²) in [5.74, 6) is 0.781. The number of fused-ring (bicyclic) bond motifs is 1. The topological polar surface area (TPSA) is 55.6 Å². The number of thiophene rings is 1. The molecule has 0 aliphatic carbocycles. The summed E-state index contributed by atoms with van der Waals surface area (Å²) >= 11 is 7.49. The molecule has 0 fully saturated rings.